The van der Waals surface area contributed by atoms with Crippen LogP contribution in [0.1, 0.15) is 6.42 Å². The van der Waals surface area contributed by atoms with Crippen LogP contribution >= 0.6 is 0 Å². The molecule has 0 fully saturated rings. The molecule has 0 radical (unpaired) electrons. The monoisotopic (exact) mass is 189 g/mol. The molecule has 0 N–H and O–H groups in total. The summed E-state index contributed by atoms with van der Waals surface area (Å²) in [7, 11) is 1.40. The van der Waals surface area contributed by atoms with Crippen molar-refractivity contribution in [2.24, 2.45) is 10.4 Å². The number of rotatable bonds is 1. The molecule has 1 aliphatic carbocycles. The molecule has 0 saturated heterocycles. The minimum atomic E-state index is -0.682. The number of carbonyl (C=O) groups excluding carboxylic acids is 1. The van der Waals surface area contributed by atoms with Crippen molar-refractivity contribution in [2.75, 3.05) is 7.11 Å². The number of nitrogens with zero attached hydrogens (tertiary/aromatic N) is 1. The molecule has 1 unspecified atom stereocenters. The summed E-state index contributed by atoms with van der Waals surface area (Å²) in [6.45, 7) is 0. The Bertz CT molecular complexity index is 377. The highest BCUT2D eigenvalue weighted by atomic mass is 16.5. The Morgan fingerprint density at radius 3 is 3.21 bits per heavy atom. The van der Waals surface area contributed by atoms with Gasteiger partial charge in [0, 0.05) is 6.20 Å². The highest BCUT2D eigenvalue weighted by molar-refractivity contribution is 6.15. The Morgan fingerprint density at radius 1 is 1.57 bits per heavy atom. The van der Waals surface area contributed by atoms with Gasteiger partial charge < -0.3 is 4.74 Å². The molecule has 1 atom stereocenters. The first kappa shape index (κ1) is 8.94. The summed E-state index contributed by atoms with van der Waals surface area (Å²) >= 11 is 0. The van der Waals surface area contributed by atoms with E-state index in [1.807, 2.05) is 30.4 Å². The maximum absolute atomic E-state index is 11.7. The fraction of sp³-hybridized carbons (Fsp3) is 0.273. The van der Waals surface area contributed by atoms with Gasteiger partial charge in [0.25, 0.3) is 0 Å². The zero-order valence-corrected chi connectivity index (χ0v) is 7.93. The molecule has 1 heterocycles. The highest BCUT2D eigenvalue weighted by Gasteiger charge is 2.42. The Hall–Kier alpha value is -1.64. The molecule has 0 aromatic rings. The van der Waals surface area contributed by atoms with Crippen molar-refractivity contribution in [2.45, 2.75) is 6.42 Å². The van der Waals surface area contributed by atoms with Crippen LogP contribution in [0.4, 0.5) is 0 Å². The summed E-state index contributed by atoms with van der Waals surface area (Å²) in [6, 6.07) is 0. The Morgan fingerprint density at radius 2 is 2.43 bits per heavy atom. The summed E-state index contributed by atoms with van der Waals surface area (Å²) in [4.78, 5) is 15.9. The number of fused-ring (bicyclic) bond motifs is 1. The first-order valence-electron chi connectivity index (χ1n) is 4.47. The Balaban J connectivity index is 2.46. The highest BCUT2D eigenvalue weighted by Crippen LogP contribution is 2.34. The van der Waals surface area contributed by atoms with Gasteiger partial charge in [0.2, 0.25) is 0 Å². The van der Waals surface area contributed by atoms with E-state index in [4.69, 9.17) is 4.74 Å². The van der Waals surface area contributed by atoms with Crippen LogP contribution in [0.25, 0.3) is 0 Å². The molecular weight excluding hydrogens is 178 g/mol. The molecule has 0 saturated carbocycles. The average Bonchev–Trinajstić information content (AvgIpc) is 2.28. The van der Waals surface area contributed by atoms with E-state index in [-0.39, 0.29) is 5.97 Å². The lowest BCUT2D eigenvalue weighted by Gasteiger charge is -2.30. The smallest absolute Gasteiger partial charge is 0.322 e. The van der Waals surface area contributed by atoms with Crippen molar-refractivity contribution in [1.29, 1.82) is 0 Å². The van der Waals surface area contributed by atoms with Crippen LogP contribution in [0.2, 0.25) is 0 Å². The van der Waals surface area contributed by atoms with Gasteiger partial charge in [0.15, 0.2) is 0 Å². The van der Waals surface area contributed by atoms with Crippen LogP contribution in [-0.4, -0.2) is 18.8 Å². The molecule has 0 aromatic carbocycles. The van der Waals surface area contributed by atoms with E-state index in [9.17, 15) is 4.79 Å². The third-order valence-corrected chi connectivity index (χ3v) is 2.51. The first-order valence-corrected chi connectivity index (χ1v) is 4.47. The molecule has 2 aliphatic rings. The van der Waals surface area contributed by atoms with Gasteiger partial charge in [-0.15, -0.1) is 0 Å². The molecule has 72 valence electrons. The van der Waals surface area contributed by atoms with Crippen molar-refractivity contribution in [3.8, 4) is 0 Å². The minimum Gasteiger partial charge on any atom is -0.468 e. The summed E-state index contributed by atoms with van der Waals surface area (Å²) < 4.78 is 4.81. The largest absolute Gasteiger partial charge is 0.468 e. The van der Waals surface area contributed by atoms with Gasteiger partial charge >= 0.3 is 5.97 Å². The lowest BCUT2D eigenvalue weighted by Crippen LogP contribution is -2.39. The number of methoxy groups -OCH3 is 1. The van der Waals surface area contributed by atoms with Gasteiger partial charge in [0.1, 0.15) is 5.41 Å². The lowest BCUT2D eigenvalue weighted by molar-refractivity contribution is -0.146. The summed E-state index contributed by atoms with van der Waals surface area (Å²) in [6.07, 6.45) is 11.7. The second kappa shape index (κ2) is 3.25. The van der Waals surface area contributed by atoms with Gasteiger partial charge in [-0.25, -0.2) is 0 Å². The van der Waals surface area contributed by atoms with Gasteiger partial charge in [-0.2, -0.15) is 0 Å². The number of esters is 1. The van der Waals surface area contributed by atoms with E-state index in [1.165, 1.54) is 7.11 Å². The normalized spacial score (nSPS) is 28.2. The summed E-state index contributed by atoms with van der Waals surface area (Å²) in [5, 5.41) is 0. The van der Waals surface area contributed by atoms with Crippen molar-refractivity contribution in [3.63, 3.8) is 0 Å². The number of hydrogen-bond acceptors (Lipinski definition) is 3. The van der Waals surface area contributed by atoms with Gasteiger partial charge in [-0.1, -0.05) is 24.3 Å². The molecular formula is C11H11NO2. The fourth-order valence-electron chi connectivity index (χ4n) is 1.74. The molecule has 0 spiro atoms. The summed E-state index contributed by atoms with van der Waals surface area (Å²) in [5.74, 6) is -0.249. The van der Waals surface area contributed by atoms with Crippen LogP contribution in [0.5, 0.6) is 0 Å². The van der Waals surface area contributed by atoms with E-state index in [2.05, 4.69) is 4.99 Å². The average molecular weight is 189 g/mol. The predicted molar refractivity (Wildman–Crippen MR) is 53.9 cm³/mol. The first-order chi connectivity index (χ1) is 6.79. The van der Waals surface area contributed by atoms with Gasteiger partial charge in [0.05, 0.1) is 12.8 Å². The van der Waals surface area contributed by atoms with Crippen LogP contribution in [0, 0.1) is 5.41 Å². The van der Waals surface area contributed by atoms with Gasteiger partial charge in [-0.05, 0) is 12.5 Å². The number of allylic oxidation sites excluding steroid dienone is 4. The van der Waals surface area contributed by atoms with E-state index in [0.717, 1.165) is 5.71 Å². The minimum absolute atomic E-state index is 0.249. The molecule has 0 amide bonds. The van der Waals surface area contributed by atoms with Crippen molar-refractivity contribution in [1.82, 2.24) is 0 Å². The van der Waals surface area contributed by atoms with E-state index >= 15 is 0 Å². The molecule has 2 rings (SSSR count). The van der Waals surface area contributed by atoms with Crippen LogP contribution < -0.4 is 0 Å². The number of aliphatic imine (C=N–C) groups is 1. The SMILES string of the molecule is COC(=O)C12C=CC=CC1=NC=CC2. The molecule has 3 heteroatoms. The van der Waals surface area contributed by atoms with E-state index in [1.54, 1.807) is 6.20 Å². The molecule has 0 bridgehead atoms. The van der Waals surface area contributed by atoms with E-state index in [0.29, 0.717) is 6.42 Å². The second-order valence-corrected chi connectivity index (χ2v) is 3.28. The number of carbonyl (C=O) groups is 1. The van der Waals surface area contributed by atoms with Crippen LogP contribution in [-0.2, 0) is 9.53 Å². The predicted octanol–water partition coefficient (Wildman–Crippen LogP) is 1.63. The number of ether oxygens (including phenoxy) is 1. The molecule has 14 heavy (non-hydrogen) atoms. The molecule has 1 aliphatic heterocycles. The third-order valence-electron chi connectivity index (χ3n) is 2.51. The molecule has 3 nitrogen and oxygen atoms in total. The quantitative estimate of drug-likeness (QED) is 0.588. The van der Waals surface area contributed by atoms with Crippen molar-refractivity contribution in [3.05, 3.63) is 36.6 Å². The fourth-order valence-corrected chi connectivity index (χ4v) is 1.74. The topological polar surface area (TPSA) is 38.7 Å². The van der Waals surface area contributed by atoms with Gasteiger partial charge in [-0.3, -0.25) is 9.79 Å². The van der Waals surface area contributed by atoms with Crippen molar-refractivity contribution < 1.29 is 9.53 Å². The summed E-state index contributed by atoms with van der Waals surface area (Å²) in [5.41, 5.74) is 0.0764. The number of hydrogen-bond donors (Lipinski definition) is 0. The second-order valence-electron chi connectivity index (χ2n) is 3.28. The van der Waals surface area contributed by atoms with E-state index < -0.39 is 5.41 Å². The Kier molecular flexibility index (Phi) is 2.08. The molecule has 0 aromatic heterocycles. The van der Waals surface area contributed by atoms with Crippen molar-refractivity contribution >= 4 is 11.7 Å². The zero-order chi connectivity index (χ0) is 10.0. The third kappa shape index (κ3) is 1.13. The maximum atomic E-state index is 11.7. The van der Waals surface area contributed by atoms with Crippen LogP contribution in [0.15, 0.2) is 41.6 Å². The zero-order valence-electron chi connectivity index (χ0n) is 7.93. The lowest BCUT2D eigenvalue weighted by atomic mass is 9.76. The standard InChI is InChI=1S/C11H11NO2/c1-14-10(13)11-6-3-2-5-9(11)12-8-4-7-11/h2-6,8H,7H2,1H3. The maximum Gasteiger partial charge on any atom is 0.322 e. The Labute approximate surface area is 82.5 Å². The van der Waals surface area contributed by atoms with Crippen LogP contribution in [0.3, 0.4) is 0 Å².